The molecule has 2 aromatic rings. The SMILES string of the molecule is CC(=O)N(C)NCc1ccc2ncsc2c1. The first-order chi connectivity index (χ1) is 7.66. The van der Waals surface area contributed by atoms with Crippen LogP contribution in [0.4, 0.5) is 0 Å². The average molecular weight is 235 g/mol. The Morgan fingerprint density at radius 3 is 3.12 bits per heavy atom. The molecule has 84 valence electrons. The van der Waals surface area contributed by atoms with Crippen LogP contribution in [-0.2, 0) is 11.3 Å². The Hall–Kier alpha value is -1.46. The van der Waals surface area contributed by atoms with Crippen molar-refractivity contribution in [1.82, 2.24) is 15.4 Å². The van der Waals surface area contributed by atoms with Crippen molar-refractivity contribution in [3.8, 4) is 0 Å². The lowest BCUT2D eigenvalue weighted by Gasteiger charge is -2.16. The predicted octanol–water partition coefficient (Wildman–Crippen LogP) is 1.78. The molecular formula is C11H13N3OS. The zero-order valence-electron chi connectivity index (χ0n) is 9.23. The molecule has 1 aromatic carbocycles. The van der Waals surface area contributed by atoms with Crippen LogP contribution in [-0.4, -0.2) is 22.9 Å². The summed E-state index contributed by atoms with van der Waals surface area (Å²) in [5, 5.41) is 1.48. The van der Waals surface area contributed by atoms with Gasteiger partial charge in [-0.2, -0.15) is 0 Å². The number of carbonyl (C=O) groups is 1. The normalized spacial score (nSPS) is 10.6. The summed E-state index contributed by atoms with van der Waals surface area (Å²) >= 11 is 1.62. The van der Waals surface area contributed by atoms with Gasteiger partial charge in [0.15, 0.2) is 0 Å². The molecule has 0 fully saturated rings. The lowest BCUT2D eigenvalue weighted by Crippen LogP contribution is -2.37. The third-order valence-electron chi connectivity index (χ3n) is 2.39. The third kappa shape index (κ3) is 2.37. The van der Waals surface area contributed by atoms with E-state index in [9.17, 15) is 4.79 Å². The second kappa shape index (κ2) is 4.59. The second-order valence-corrected chi connectivity index (χ2v) is 4.45. The number of benzene rings is 1. The minimum atomic E-state index is -0.00105. The lowest BCUT2D eigenvalue weighted by atomic mass is 10.2. The van der Waals surface area contributed by atoms with Crippen LogP contribution in [0.3, 0.4) is 0 Å². The Balaban J connectivity index is 2.06. The Morgan fingerprint density at radius 1 is 1.56 bits per heavy atom. The minimum Gasteiger partial charge on any atom is -0.281 e. The fraction of sp³-hybridized carbons (Fsp3) is 0.273. The van der Waals surface area contributed by atoms with Crippen molar-refractivity contribution in [1.29, 1.82) is 0 Å². The van der Waals surface area contributed by atoms with E-state index in [1.807, 2.05) is 17.6 Å². The van der Waals surface area contributed by atoms with E-state index in [0.717, 1.165) is 11.1 Å². The number of fused-ring (bicyclic) bond motifs is 1. The van der Waals surface area contributed by atoms with Crippen LogP contribution in [0.2, 0.25) is 0 Å². The Kier molecular flexibility index (Phi) is 3.17. The molecule has 0 aliphatic heterocycles. The zero-order valence-corrected chi connectivity index (χ0v) is 10.0. The molecule has 1 aromatic heterocycles. The van der Waals surface area contributed by atoms with Gasteiger partial charge in [0.25, 0.3) is 0 Å². The van der Waals surface area contributed by atoms with Crippen molar-refractivity contribution in [2.75, 3.05) is 7.05 Å². The van der Waals surface area contributed by atoms with Gasteiger partial charge < -0.3 is 0 Å². The second-order valence-electron chi connectivity index (χ2n) is 3.57. The summed E-state index contributed by atoms with van der Waals surface area (Å²) in [5.74, 6) is -0.00105. The first-order valence-corrected chi connectivity index (χ1v) is 5.84. The van der Waals surface area contributed by atoms with Gasteiger partial charge in [-0.1, -0.05) is 6.07 Å². The van der Waals surface area contributed by atoms with Gasteiger partial charge in [-0.15, -0.1) is 11.3 Å². The Morgan fingerprint density at radius 2 is 2.38 bits per heavy atom. The summed E-state index contributed by atoms with van der Waals surface area (Å²) in [4.78, 5) is 15.2. The number of carbonyl (C=O) groups excluding carboxylic acids is 1. The van der Waals surface area contributed by atoms with Gasteiger partial charge in [-0.25, -0.2) is 10.4 Å². The molecule has 0 spiro atoms. The van der Waals surface area contributed by atoms with Crippen LogP contribution in [0.1, 0.15) is 12.5 Å². The van der Waals surface area contributed by atoms with E-state index in [1.165, 1.54) is 16.6 Å². The first kappa shape index (κ1) is 11.0. The standard InChI is InChI=1S/C11H13N3OS/c1-8(15)14(2)13-6-9-3-4-10-11(5-9)16-7-12-10/h3-5,7,13H,6H2,1-2H3. The van der Waals surface area contributed by atoms with Crippen molar-refractivity contribution >= 4 is 27.5 Å². The summed E-state index contributed by atoms with van der Waals surface area (Å²) in [6.45, 7) is 2.17. The maximum absolute atomic E-state index is 11.0. The molecule has 0 bridgehead atoms. The van der Waals surface area contributed by atoms with Crippen LogP contribution in [0.15, 0.2) is 23.7 Å². The molecule has 4 nitrogen and oxygen atoms in total. The molecule has 1 amide bonds. The van der Waals surface area contributed by atoms with Gasteiger partial charge in [0.05, 0.1) is 15.7 Å². The minimum absolute atomic E-state index is 0.00105. The number of amides is 1. The van der Waals surface area contributed by atoms with Gasteiger partial charge >= 0.3 is 0 Å². The molecule has 0 radical (unpaired) electrons. The number of rotatable bonds is 3. The predicted molar refractivity (Wildman–Crippen MR) is 64.9 cm³/mol. The first-order valence-electron chi connectivity index (χ1n) is 4.97. The highest BCUT2D eigenvalue weighted by molar-refractivity contribution is 7.16. The molecule has 1 N–H and O–H groups in total. The van der Waals surface area contributed by atoms with E-state index in [2.05, 4.69) is 16.5 Å². The van der Waals surface area contributed by atoms with Crippen molar-refractivity contribution in [3.05, 3.63) is 29.3 Å². The largest absolute Gasteiger partial charge is 0.281 e. The summed E-state index contributed by atoms with van der Waals surface area (Å²) in [6.07, 6.45) is 0. The number of nitrogens with one attached hydrogen (secondary N) is 1. The maximum Gasteiger partial charge on any atom is 0.233 e. The number of nitrogens with zero attached hydrogens (tertiary/aromatic N) is 2. The van der Waals surface area contributed by atoms with E-state index in [-0.39, 0.29) is 5.91 Å². The van der Waals surface area contributed by atoms with E-state index >= 15 is 0 Å². The molecule has 0 saturated heterocycles. The molecule has 0 aliphatic carbocycles. The molecule has 16 heavy (non-hydrogen) atoms. The smallest absolute Gasteiger partial charge is 0.233 e. The van der Waals surface area contributed by atoms with E-state index in [0.29, 0.717) is 6.54 Å². The molecule has 1 heterocycles. The van der Waals surface area contributed by atoms with Crippen LogP contribution < -0.4 is 5.43 Å². The highest BCUT2D eigenvalue weighted by atomic mass is 32.1. The lowest BCUT2D eigenvalue weighted by molar-refractivity contribution is -0.130. The van der Waals surface area contributed by atoms with Gasteiger partial charge in [0.2, 0.25) is 5.91 Å². The van der Waals surface area contributed by atoms with Gasteiger partial charge in [0, 0.05) is 20.5 Å². The number of hydrazine groups is 1. The monoisotopic (exact) mass is 235 g/mol. The highest BCUT2D eigenvalue weighted by Gasteiger charge is 2.02. The number of hydrogen-bond acceptors (Lipinski definition) is 4. The topological polar surface area (TPSA) is 45.2 Å². The molecule has 0 atom stereocenters. The van der Waals surface area contributed by atoms with E-state index in [4.69, 9.17) is 0 Å². The highest BCUT2D eigenvalue weighted by Crippen LogP contribution is 2.18. The molecule has 0 saturated carbocycles. The van der Waals surface area contributed by atoms with Crippen molar-refractivity contribution in [3.63, 3.8) is 0 Å². The Labute approximate surface area is 97.9 Å². The van der Waals surface area contributed by atoms with Crippen LogP contribution in [0.25, 0.3) is 10.2 Å². The summed E-state index contributed by atoms with van der Waals surface area (Å²) in [5.41, 5.74) is 7.03. The molecule has 0 unspecified atom stereocenters. The van der Waals surface area contributed by atoms with Crippen molar-refractivity contribution in [2.45, 2.75) is 13.5 Å². The summed E-state index contributed by atoms with van der Waals surface area (Å²) in [7, 11) is 1.72. The fourth-order valence-electron chi connectivity index (χ4n) is 1.33. The van der Waals surface area contributed by atoms with E-state index in [1.54, 1.807) is 18.4 Å². The Bertz CT molecular complexity index is 509. The molecular weight excluding hydrogens is 222 g/mol. The summed E-state index contributed by atoms with van der Waals surface area (Å²) < 4.78 is 1.17. The molecule has 5 heteroatoms. The van der Waals surface area contributed by atoms with Crippen LogP contribution in [0, 0.1) is 0 Å². The van der Waals surface area contributed by atoms with Crippen LogP contribution in [0.5, 0.6) is 0 Å². The number of thiazole rings is 1. The van der Waals surface area contributed by atoms with Gasteiger partial charge in [0.1, 0.15) is 0 Å². The third-order valence-corrected chi connectivity index (χ3v) is 3.18. The summed E-state index contributed by atoms with van der Waals surface area (Å²) in [6, 6.07) is 6.10. The van der Waals surface area contributed by atoms with Crippen molar-refractivity contribution in [2.24, 2.45) is 0 Å². The fourth-order valence-corrected chi connectivity index (χ4v) is 2.07. The number of hydrogen-bond donors (Lipinski definition) is 1. The van der Waals surface area contributed by atoms with E-state index < -0.39 is 0 Å². The van der Waals surface area contributed by atoms with Gasteiger partial charge in [-0.3, -0.25) is 9.80 Å². The van der Waals surface area contributed by atoms with Gasteiger partial charge in [-0.05, 0) is 17.7 Å². The number of aromatic nitrogens is 1. The van der Waals surface area contributed by atoms with Crippen molar-refractivity contribution < 1.29 is 4.79 Å². The maximum atomic E-state index is 11.0. The van der Waals surface area contributed by atoms with Crippen LogP contribution >= 0.6 is 11.3 Å². The molecule has 0 aliphatic rings. The zero-order chi connectivity index (χ0) is 11.5. The quantitative estimate of drug-likeness (QED) is 0.825. The average Bonchev–Trinajstić information content (AvgIpc) is 2.72. The molecule has 2 rings (SSSR count).